The number of rotatable bonds is 3. The van der Waals surface area contributed by atoms with Gasteiger partial charge >= 0.3 is 0 Å². The number of hydrogen-bond donors (Lipinski definition) is 0. The summed E-state index contributed by atoms with van der Waals surface area (Å²) in [6.45, 7) is 4.53. The number of hydroxylamine groups is 2. The first-order valence-corrected chi connectivity index (χ1v) is 6.30. The van der Waals surface area contributed by atoms with Crippen molar-refractivity contribution in [3.63, 3.8) is 0 Å². The molecule has 2 rings (SSSR count). The van der Waals surface area contributed by atoms with E-state index in [0.717, 1.165) is 6.04 Å². The Labute approximate surface area is 87.6 Å². The maximum atomic E-state index is 6.04. The summed E-state index contributed by atoms with van der Waals surface area (Å²) in [5.74, 6) is 0. The van der Waals surface area contributed by atoms with Crippen molar-refractivity contribution in [2.45, 2.75) is 77.0 Å². The average molecular weight is 197 g/mol. The van der Waals surface area contributed by atoms with Gasteiger partial charge < -0.3 is 0 Å². The van der Waals surface area contributed by atoms with Crippen LogP contribution in [-0.2, 0) is 4.84 Å². The van der Waals surface area contributed by atoms with Gasteiger partial charge in [0.15, 0.2) is 0 Å². The van der Waals surface area contributed by atoms with Gasteiger partial charge in [0.25, 0.3) is 0 Å². The topological polar surface area (TPSA) is 12.5 Å². The fraction of sp³-hybridized carbons (Fsp3) is 1.00. The smallest absolute Gasteiger partial charge is 0.0809 e. The third-order valence-electron chi connectivity index (χ3n) is 3.68. The van der Waals surface area contributed by atoms with Crippen LogP contribution >= 0.6 is 0 Å². The Hall–Kier alpha value is -0.0800. The lowest BCUT2D eigenvalue weighted by Gasteiger charge is -2.35. The maximum Gasteiger partial charge on any atom is 0.0809 e. The Balaban J connectivity index is 1.93. The van der Waals surface area contributed by atoms with Gasteiger partial charge in [-0.2, -0.15) is 5.06 Å². The summed E-state index contributed by atoms with van der Waals surface area (Å²) in [5.41, 5.74) is 0. The molecule has 2 saturated heterocycles. The largest absolute Gasteiger partial charge is 0.295 e. The second-order valence-electron chi connectivity index (χ2n) is 4.76. The van der Waals surface area contributed by atoms with Crippen molar-refractivity contribution in [1.29, 1.82) is 0 Å². The second kappa shape index (κ2) is 4.63. The van der Waals surface area contributed by atoms with Gasteiger partial charge in [0.05, 0.1) is 6.10 Å². The molecule has 0 aromatic heterocycles. The molecule has 2 heteroatoms. The van der Waals surface area contributed by atoms with E-state index in [0.29, 0.717) is 12.1 Å². The van der Waals surface area contributed by atoms with Crippen LogP contribution in [0, 0.1) is 0 Å². The molecule has 2 heterocycles. The van der Waals surface area contributed by atoms with Crippen molar-refractivity contribution in [2.75, 3.05) is 0 Å². The van der Waals surface area contributed by atoms with Crippen molar-refractivity contribution in [3.05, 3.63) is 0 Å². The zero-order valence-electron chi connectivity index (χ0n) is 9.54. The molecular formula is C12H23NO. The monoisotopic (exact) mass is 197 g/mol. The highest BCUT2D eigenvalue weighted by molar-refractivity contribution is 4.85. The van der Waals surface area contributed by atoms with Crippen LogP contribution in [0.3, 0.4) is 0 Å². The summed E-state index contributed by atoms with van der Waals surface area (Å²) in [7, 11) is 0. The lowest BCUT2D eigenvalue weighted by Crippen LogP contribution is -2.41. The molecule has 0 aliphatic carbocycles. The molecule has 0 saturated carbocycles. The van der Waals surface area contributed by atoms with E-state index in [1.54, 1.807) is 0 Å². The molecule has 0 N–H and O–H groups in total. The summed E-state index contributed by atoms with van der Waals surface area (Å²) in [5, 5.41) is 2.34. The molecule has 82 valence electrons. The van der Waals surface area contributed by atoms with Gasteiger partial charge in [0, 0.05) is 12.1 Å². The summed E-state index contributed by atoms with van der Waals surface area (Å²) >= 11 is 0. The molecule has 2 aliphatic rings. The molecule has 14 heavy (non-hydrogen) atoms. The van der Waals surface area contributed by atoms with Crippen LogP contribution in [0.5, 0.6) is 0 Å². The van der Waals surface area contributed by atoms with E-state index in [4.69, 9.17) is 4.84 Å². The molecule has 2 aliphatic heterocycles. The van der Waals surface area contributed by atoms with Crippen LogP contribution in [0.15, 0.2) is 0 Å². The van der Waals surface area contributed by atoms with E-state index >= 15 is 0 Å². The van der Waals surface area contributed by atoms with Gasteiger partial charge in [-0.3, -0.25) is 4.84 Å². The predicted octanol–water partition coefficient (Wildman–Crippen LogP) is 3.12. The quantitative estimate of drug-likeness (QED) is 0.689. The Morgan fingerprint density at radius 2 is 2.14 bits per heavy atom. The first-order valence-electron chi connectivity index (χ1n) is 6.30. The molecule has 0 aromatic carbocycles. The van der Waals surface area contributed by atoms with Crippen LogP contribution in [0.1, 0.15) is 58.8 Å². The van der Waals surface area contributed by atoms with Gasteiger partial charge in [0.2, 0.25) is 0 Å². The van der Waals surface area contributed by atoms with Crippen molar-refractivity contribution < 1.29 is 4.84 Å². The Bertz CT molecular complexity index is 183. The van der Waals surface area contributed by atoms with Crippen LogP contribution in [0.4, 0.5) is 0 Å². The maximum absolute atomic E-state index is 6.04. The molecule has 2 fully saturated rings. The summed E-state index contributed by atoms with van der Waals surface area (Å²) in [6, 6.07) is 1.45. The molecule has 0 aromatic rings. The van der Waals surface area contributed by atoms with Gasteiger partial charge in [-0.15, -0.1) is 0 Å². The second-order valence-corrected chi connectivity index (χ2v) is 4.76. The standard InChI is InChI=1S/C12H23NO/c1-3-6-12-9-11-8-5-7-10(4-2)13(11)14-12/h10-12H,3-9H2,1-2H3/t10-,11-,12+/m0/s1. The van der Waals surface area contributed by atoms with E-state index in [1.165, 1.54) is 44.9 Å². The highest BCUT2D eigenvalue weighted by atomic mass is 16.7. The fourth-order valence-electron chi connectivity index (χ4n) is 2.93. The summed E-state index contributed by atoms with van der Waals surface area (Å²) < 4.78 is 0. The third-order valence-corrected chi connectivity index (χ3v) is 3.68. The lowest BCUT2D eigenvalue weighted by molar-refractivity contribution is -0.201. The first kappa shape index (κ1) is 10.4. The summed E-state index contributed by atoms with van der Waals surface area (Å²) in [4.78, 5) is 6.04. The van der Waals surface area contributed by atoms with E-state index < -0.39 is 0 Å². The molecule has 0 radical (unpaired) electrons. The van der Waals surface area contributed by atoms with E-state index in [1.807, 2.05) is 0 Å². The van der Waals surface area contributed by atoms with Crippen molar-refractivity contribution in [2.24, 2.45) is 0 Å². The highest BCUT2D eigenvalue weighted by Gasteiger charge is 2.38. The van der Waals surface area contributed by atoms with Gasteiger partial charge in [0.1, 0.15) is 0 Å². The molecule has 0 amide bonds. The minimum atomic E-state index is 0.525. The molecule has 0 unspecified atom stereocenters. The first-order chi connectivity index (χ1) is 6.85. The van der Waals surface area contributed by atoms with E-state index in [2.05, 4.69) is 18.9 Å². The highest BCUT2D eigenvalue weighted by Crippen LogP contribution is 2.35. The lowest BCUT2D eigenvalue weighted by atomic mass is 9.94. The molecule has 0 spiro atoms. The van der Waals surface area contributed by atoms with E-state index in [9.17, 15) is 0 Å². The number of hydrogen-bond acceptors (Lipinski definition) is 2. The van der Waals surface area contributed by atoms with Crippen LogP contribution in [0.2, 0.25) is 0 Å². The van der Waals surface area contributed by atoms with Crippen LogP contribution < -0.4 is 0 Å². The van der Waals surface area contributed by atoms with Crippen molar-refractivity contribution >= 4 is 0 Å². The Morgan fingerprint density at radius 1 is 1.29 bits per heavy atom. The van der Waals surface area contributed by atoms with Gasteiger partial charge in [-0.25, -0.2) is 0 Å². The Kier molecular flexibility index (Phi) is 3.45. The molecule has 2 nitrogen and oxygen atoms in total. The fourth-order valence-corrected chi connectivity index (χ4v) is 2.93. The molecular weight excluding hydrogens is 174 g/mol. The molecule has 0 bridgehead atoms. The number of nitrogens with zero attached hydrogens (tertiary/aromatic N) is 1. The molecule has 3 atom stereocenters. The van der Waals surface area contributed by atoms with Gasteiger partial charge in [-0.1, -0.05) is 26.7 Å². The van der Waals surface area contributed by atoms with Crippen molar-refractivity contribution in [3.8, 4) is 0 Å². The minimum absolute atomic E-state index is 0.525. The SMILES string of the molecule is CCC[C@@H]1C[C@@H]2CCC[C@H](CC)N2O1. The summed E-state index contributed by atoms with van der Waals surface area (Å²) in [6.07, 6.45) is 9.65. The van der Waals surface area contributed by atoms with E-state index in [-0.39, 0.29) is 0 Å². The van der Waals surface area contributed by atoms with Crippen LogP contribution in [0.25, 0.3) is 0 Å². The van der Waals surface area contributed by atoms with Gasteiger partial charge in [-0.05, 0) is 32.1 Å². The zero-order valence-corrected chi connectivity index (χ0v) is 9.54. The normalized spacial score (nSPS) is 38.6. The minimum Gasteiger partial charge on any atom is -0.295 e. The third kappa shape index (κ3) is 1.96. The number of piperidine rings is 1. The number of fused-ring (bicyclic) bond motifs is 1. The average Bonchev–Trinajstić information content (AvgIpc) is 2.60. The van der Waals surface area contributed by atoms with Crippen LogP contribution in [-0.4, -0.2) is 23.3 Å². The zero-order chi connectivity index (χ0) is 9.97. The van der Waals surface area contributed by atoms with Crippen molar-refractivity contribution in [1.82, 2.24) is 5.06 Å². The Morgan fingerprint density at radius 3 is 2.86 bits per heavy atom. The predicted molar refractivity (Wildman–Crippen MR) is 58.0 cm³/mol.